The number of hydrogen-bond donors (Lipinski definition) is 1. The largest absolute Gasteiger partial charge is 0.368 e. The van der Waals surface area contributed by atoms with E-state index in [1.165, 1.54) is 17.4 Å². The summed E-state index contributed by atoms with van der Waals surface area (Å²) in [6.07, 6.45) is 1.76. The molecule has 1 aromatic heterocycles. The molecule has 3 rings (SSSR count). The molecule has 0 bridgehead atoms. The first kappa shape index (κ1) is 15.1. The molecule has 0 radical (unpaired) electrons. The van der Waals surface area contributed by atoms with Crippen LogP contribution in [-0.4, -0.2) is 23.6 Å². The number of rotatable bonds is 4. The van der Waals surface area contributed by atoms with Gasteiger partial charge in [-0.1, -0.05) is 18.2 Å². The van der Waals surface area contributed by atoms with Crippen molar-refractivity contribution >= 4 is 22.4 Å². The number of thiazole rings is 1. The SMILES string of the molecule is Cc1nc(NC(=O)C2CCCO2)sc1Cc1ccccc1F. The van der Waals surface area contributed by atoms with E-state index in [2.05, 4.69) is 10.3 Å². The fraction of sp³-hybridized carbons (Fsp3) is 0.375. The van der Waals surface area contributed by atoms with Gasteiger partial charge in [0.05, 0.1) is 5.69 Å². The number of benzene rings is 1. The molecule has 22 heavy (non-hydrogen) atoms. The van der Waals surface area contributed by atoms with Crippen LogP contribution in [0, 0.1) is 12.7 Å². The minimum absolute atomic E-state index is 0.149. The highest BCUT2D eigenvalue weighted by atomic mass is 32.1. The lowest BCUT2D eigenvalue weighted by molar-refractivity contribution is -0.124. The number of carbonyl (C=O) groups excluding carboxylic acids is 1. The molecule has 1 fully saturated rings. The molecule has 1 unspecified atom stereocenters. The molecule has 4 nitrogen and oxygen atoms in total. The molecule has 0 aliphatic carbocycles. The van der Waals surface area contributed by atoms with Gasteiger partial charge in [0.25, 0.3) is 5.91 Å². The first-order chi connectivity index (χ1) is 10.6. The van der Waals surface area contributed by atoms with Gasteiger partial charge in [0.2, 0.25) is 0 Å². The normalized spacial score (nSPS) is 17.6. The Bertz CT molecular complexity index is 681. The van der Waals surface area contributed by atoms with Gasteiger partial charge in [-0.2, -0.15) is 0 Å². The molecule has 116 valence electrons. The molecule has 1 N–H and O–H groups in total. The van der Waals surface area contributed by atoms with Gasteiger partial charge in [0.1, 0.15) is 11.9 Å². The van der Waals surface area contributed by atoms with Gasteiger partial charge >= 0.3 is 0 Å². The maximum Gasteiger partial charge on any atom is 0.255 e. The summed E-state index contributed by atoms with van der Waals surface area (Å²) in [7, 11) is 0. The number of carbonyl (C=O) groups is 1. The zero-order valence-electron chi connectivity index (χ0n) is 12.3. The van der Waals surface area contributed by atoms with Crippen molar-refractivity contribution in [2.45, 2.75) is 32.3 Å². The van der Waals surface area contributed by atoms with Gasteiger partial charge in [-0.05, 0) is 31.4 Å². The second-order valence-electron chi connectivity index (χ2n) is 5.29. The van der Waals surface area contributed by atoms with E-state index < -0.39 is 0 Å². The van der Waals surface area contributed by atoms with Crippen molar-refractivity contribution in [3.8, 4) is 0 Å². The molecule has 2 aromatic rings. The summed E-state index contributed by atoms with van der Waals surface area (Å²) >= 11 is 1.38. The third kappa shape index (κ3) is 3.34. The quantitative estimate of drug-likeness (QED) is 0.940. The van der Waals surface area contributed by atoms with E-state index >= 15 is 0 Å². The van der Waals surface area contributed by atoms with Crippen LogP contribution in [0.5, 0.6) is 0 Å². The fourth-order valence-electron chi connectivity index (χ4n) is 2.43. The van der Waals surface area contributed by atoms with Crippen LogP contribution in [0.15, 0.2) is 24.3 Å². The van der Waals surface area contributed by atoms with E-state index in [0.717, 1.165) is 23.4 Å². The number of aromatic nitrogens is 1. The fourth-order valence-corrected chi connectivity index (χ4v) is 3.42. The Morgan fingerprint density at radius 2 is 2.32 bits per heavy atom. The Morgan fingerprint density at radius 1 is 1.50 bits per heavy atom. The molecule has 1 aliphatic rings. The molecular weight excluding hydrogens is 303 g/mol. The molecular formula is C16H17FN2O2S. The lowest BCUT2D eigenvalue weighted by Gasteiger charge is -2.07. The smallest absolute Gasteiger partial charge is 0.255 e. The van der Waals surface area contributed by atoms with E-state index in [1.807, 2.05) is 13.0 Å². The number of aryl methyl sites for hydroxylation is 1. The summed E-state index contributed by atoms with van der Waals surface area (Å²) < 4.78 is 19.1. The summed E-state index contributed by atoms with van der Waals surface area (Å²) in [6.45, 7) is 2.50. The maximum absolute atomic E-state index is 13.7. The summed E-state index contributed by atoms with van der Waals surface area (Å²) in [5.41, 5.74) is 1.45. The minimum Gasteiger partial charge on any atom is -0.368 e. The highest BCUT2D eigenvalue weighted by Crippen LogP contribution is 2.26. The Morgan fingerprint density at radius 3 is 3.05 bits per heavy atom. The zero-order chi connectivity index (χ0) is 15.5. The lowest BCUT2D eigenvalue weighted by Crippen LogP contribution is -2.26. The average Bonchev–Trinajstić information content (AvgIpc) is 3.12. The van der Waals surface area contributed by atoms with Crippen LogP contribution in [0.25, 0.3) is 0 Å². The van der Waals surface area contributed by atoms with Crippen LogP contribution in [0.1, 0.15) is 29.0 Å². The minimum atomic E-state index is -0.376. The Balaban J connectivity index is 1.71. The highest BCUT2D eigenvalue weighted by molar-refractivity contribution is 7.15. The molecule has 2 heterocycles. The predicted octanol–water partition coefficient (Wildman–Crippen LogP) is 3.30. The molecule has 0 saturated carbocycles. The van der Waals surface area contributed by atoms with Crippen molar-refractivity contribution in [1.82, 2.24) is 4.98 Å². The number of amides is 1. The molecule has 1 aromatic carbocycles. The number of hydrogen-bond acceptors (Lipinski definition) is 4. The zero-order valence-corrected chi connectivity index (χ0v) is 13.1. The van der Waals surface area contributed by atoms with Crippen LogP contribution in [0.2, 0.25) is 0 Å². The van der Waals surface area contributed by atoms with Gasteiger partial charge in [0, 0.05) is 17.9 Å². The molecule has 0 spiro atoms. The van der Waals surface area contributed by atoms with Crippen molar-refractivity contribution < 1.29 is 13.9 Å². The topological polar surface area (TPSA) is 51.2 Å². The Kier molecular flexibility index (Phi) is 4.49. The number of ether oxygens (including phenoxy) is 1. The number of anilines is 1. The van der Waals surface area contributed by atoms with Crippen LogP contribution >= 0.6 is 11.3 Å². The first-order valence-corrected chi connectivity index (χ1v) is 8.07. The summed E-state index contributed by atoms with van der Waals surface area (Å²) in [4.78, 5) is 17.3. The first-order valence-electron chi connectivity index (χ1n) is 7.25. The van der Waals surface area contributed by atoms with Gasteiger partial charge in [-0.3, -0.25) is 10.1 Å². The second kappa shape index (κ2) is 6.54. The number of nitrogens with zero attached hydrogens (tertiary/aromatic N) is 1. The van der Waals surface area contributed by atoms with E-state index in [4.69, 9.17) is 4.74 Å². The number of nitrogens with one attached hydrogen (secondary N) is 1. The Hall–Kier alpha value is -1.79. The molecule has 6 heteroatoms. The Labute approximate surface area is 132 Å². The van der Waals surface area contributed by atoms with Gasteiger partial charge in [-0.15, -0.1) is 11.3 Å². The molecule has 1 aliphatic heterocycles. The van der Waals surface area contributed by atoms with Crippen molar-refractivity contribution in [2.24, 2.45) is 0 Å². The third-order valence-corrected chi connectivity index (χ3v) is 4.73. The van der Waals surface area contributed by atoms with Crippen molar-refractivity contribution in [3.63, 3.8) is 0 Å². The van der Waals surface area contributed by atoms with E-state index in [1.54, 1.807) is 12.1 Å². The van der Waals surface area contributed by atoms with Crippen molar-refractivity contribution in [1.29, 1.82) is 0 Å². The van der Waals surface area contributed by atoms with Crippen LogP contribution < -0.4 is 5.32 Å². The molecule has 1 amide bonds. The van der Waals surface area contributed by atoms with Gasteiger partial charge in [0.15, 0.2) is 5.13 Å². The van der Waals surface area contributed by atoms with Crippen LogP contribution in [-0.2, 0) is 16.0 Å². The molecule has 1 saturated heterocycles. The van der Waals surface area contributed by atoms with Crippen LogP contribution in [0.3, 0.4) is 0 Å². The van der Waals surface area contributed by atoms with E-state index in [-0.39, 0.29) is 17.8 Å². The highest BCUT2D eigenvalue weighted by Gasteiger charge is 2.24. The van der Waals surface area contributed by atoms with E-state index in [0.29, 0.717) is 23.7 Å². The summed E-state index contributed by atoms with van der Waals surface area (Å²) in [6, 6.07) is 6.70. The summed E-state index contributed by atoms with van der Waals surface area (Å²) in [5.74, 6) is -0.371. The maximum atomic E-state index is 13.7. The van der Waals surface area contributed by atoms with Crippen LogP contribution in [0.4, 0.5) is 9.52 Å². The monoisotopic (exact) mass is 320 g/mol. The average molecular weight is 320 g/mol. The molecule has 1 atom stereocenters. The predicted molar refractivity (Wildman–Crippen MR) is 83.7 cm³/mol. The van der Waals surface area contributed by atoms with Gasteiger partial charge < -0.3 is 4.74 Å². The van der Waals surface area contributed by atoms with Gasteiger partial charge in [-0.25, -0.2) is 9.37 Å². The summed E-state index contributed by atoms with van der Waals surface area (Å²) in [5, 5.41) is 3.34. The lowest BCUT2D eigenvalue weighted by atomic mass is 10.1. The van der Waals surface area contributed by atoms with E-state index in [9.17, 15) is 9.18 Å². The standard InChI is InChI=1S/C16H17FN2O2S/c1-10-14(9-11-5-2-3-6-12(11)17)22-16(18-10)19-15(20)13-7-4-8-21-13/h2-3,5-6,13H,4,7-9H2,1H3,(H,18,19,20). The number of halogens is 1. The second-order valence-corrected chi connectivity index (χ2v) is 6.37. The third-order valence-electron chi connectivity index (χ3n) is 3.65. The van der Waals surface area contributed by atoms with Crippen molar-refractivity contribution in [2.75, 3.05) is 11.9 Å². The van der Waals surface area contributed by atoms with Crippen molar-refractivity contribution in [3.05, 3.63) is 46.2 Å².